The van der Waals surface area contributed by atoms with E-state index in [1.165, 1.54) is 20.3 Å². The maximum atomic E-state index is 11.7. The summed E-state index contributed by atoms with van der Waals surface area (Å²) in [5.74, 6) is 1.28. The van der Waals surface area contributed by atoms with Crippen LogP contribution in [0.25, 0.3) is 11.6 Å². The zero-order valence-corrected chi connectivity index (χ0v) is 21.8. The van der Waals surface area contributed by atoms with Gasteiger partial charge in [-0.3, -0.25) is 4.79 Å². The minimum Gasteiger partial charge on any atom is -0.495 e. The number of aliphatic hydroxyl groups excluding tert-OH is 1. The largest absolute Gasteiger partial charge is 0.495 e. The molecule has 192 valence electrons. The molecule has 0 saturated carbocycles. The molecule has 1 amide bonds. The molecule has 1 fully saturated rings. The van der Waals surface area contributed by atoms with Crippen LogP contribution in [0.1, 0.15) is 11.1 Å². The fraction of sp³-hybridized carbons (Fsp3) is 0.360. The summed E-state index contributed by atoms with van der Waals surface area (Å²) in [6, 6.07) is 3.46. The fourth-order valence-corrected chi connectivity index (χ4v) is 4.97. The Labute approximate surface area is 219 Å². The highest BCUT2D eigenvalue weighted by Gasteiger charge is 2.34. The molecule has 2 aliphatic heterocycles. The Morgan fingerprint density at radius 3 is 2.50 bits per heavy atom. The van der Waals surface area contributed by atoms with Crippen LogP contribution in [0.5, 0.6) is 11.5 Å². The molecule has 3 heterocycles. The minimum absolute atomic E-state index is 0.0674. The molecular weight excluding hydrogens is 507 g/mol. The molecule has 0 spiro atoms. The molecule has 2 N–H and O–H groups in total. The van der Waals surface area contributed by atoms with Gasteiger partial charge in [-0.1, -0.05) is 29.8 Å². The van der Waals surface area contributed by atoms with Gasteiger partial charge in [0.15, 0.2) is 6.23 Å². The first kappa shape index (κ1) is 26.1. The number of methoxy groups -OCH3 is 2. The number of hydrogen-bond acceptors (Lipinski definition) is 8. The fourth-order valence-electron chi connectivity index (χ4n) is 4.25. The molecule has 2 aromatic rings. The molecule has 1 unspecified atom stereocenters. The van der Waals surface area contributed by atoms with Crippen LogP contribution in [-0.2, 0) is 9.53 Å². The monoisotopic (exact) mass is 534 g/mol. The van der Waals surface area contributed by atoms with Crippen molar-refractivity contribution in [1.82, 2.24) is 9.88 Å². The van der Waals surface area contributed by atoms with E-state index in [0.29, 0.717) is 54.7 Å². The number of carbonyl (C=O) groups excluding carboxylic acids is 1. The second-order valence-corrected chi connectivity index (χ2v) is 9.03. The lowest BCUT2D eigenvalue weighted by Gasteiger charge is -2.40. The van der Waals surface area contributed by atoms with Crippen LogP contribution in [0.3, 0.4) is 0 Å². The summed E-state index contributed by atoms with van der Waals surface area (Å²) in [4.78, 5) is 19.6. The van der Waals surface area contributed by atoms with Crippen LogP contribution >= 0.6 is 23.2 Å². The molecule has 0 bridgehead atoms. The van der Waals surface area contributed by atoms with Crippen molar-refractivity contribution in [2.45, 2.75) is 12.3 Å². The number of carbonyl (C=O) groups is 1. The van der Waals surface area contributed by atoms with Gasteiger partial charge < -0.3 is 34.4 Å². The average molecular weight is 535 g/mol. The van der Waals surface area contributed by atoms with Crippen LogP contribution in [0.4, 0.5) is 11.5 Å². The van der Waals surface area contributed by atoms with E-state index in [2.05, 4.69) is 16.9 Å². The van der Waals surface area contributed by atoms with E-state index in [1.807, 2.05) is 6.07 Å². The van der Waals surface area contributed by atoms with Gasteiger partial charge in [-0.15, -0.1) is 0 Å². The number of rotatable bonds is 9. The topological polar surface area (TPSA) is 96.4 Å². The zero-order valence-electron chi connectivity index (χ0n) is 20.3. The summed E-state index contributed by atoms with van der Waals surface area (Å²) < 4.78 is 16.8. The SMILES string of the molecule is C=CC(=O)N1CC(OCCN2c3cc(NC)ncc3C=C(c3c(Cl)c(OC)cc(OC)c3Cl)C2O)C1. The molecule has 1 atom stereocenters. The molecule has 0 aliphatic carbocycles. The molecule has 36 heavy (non-hydrogen) atoms. The van der Waals surface area contributed by atoms with Crippen molar-refractivity contribution in [2.75, 3.05) is 57.7 Å². The number of hydrogen-bond donors (Lipinski definition) is 2. The van der Waals surface area contributed by atoms with Crippen molar-refractivity contribution < 1.29 is 24.1 Å². The van der Waals surface area contributed by atoms with E-state index in [0.717, 1.165) is 11.3 Å². The zero-order chi connectivity index (χ0) is 26.0. The van der Waals surface area contributed by atoms with E-state index in [9.17, 15) is 9.90 Å². The molecule has 1 aromatic carbocycles. The first-order valence-electron chi connectivity index (χ1n) is 11.3. The summed E-state index contributed by atoms with van der Waals surface area (Å²) in [5, 5.41) is 15.1. The number of anilines is 2. The highest BCUT2D eigenvalue weighted by Crippen LogP contribution is 2.47. The van der Waals surface area contributed by atoms with Gasteiger partial charge >= 0.3 is 0 Å². The smallest absolute Gasteiger partial charge is 0.246 e. The van der Waals surface area contributed by atoms with E-state index >= 15 is 0 Å². The third kappa shape index (κ3) is 4.84. The van der Waals surface area contributed by atoms with Gasteiger partial charge in [0.1, 0.15) is 17.3 Å². The Balaban J connectivity index is 1.64. The highest BCUT2D eigenvalue weighted by molar-refractivity contribution is 6.40. The number of aliphatic hydroxyl groups is 1. The van der Waals surface area contributed by atoms with Gasteiger partial charge in [0, 0.05) is 61.7 Å². The van der Waals surface area contributed by atoms with Gasteiger partial charge in [0.05, 0.1) is 42.7 Å². The van der Waals surface area contributed by atoms with E-state index in [-0.39, 0.29) is 22.1 Å². The second-order valence-electron chi connectivity index (χ2n) is 8.27. The number of amides is 1. The average Bonchev–Trinajstić information content (AvgIpc) is 2.86. The first-order chi connectivity index (χ1) is 17.3. The lowest BCUT2D eigenvalue weighted by Crippen LogP contribution is -2.54. The first-order valence-corrected chi connectivity index (χ1v) is 12.1. The summed E-state index contributed by atoms with van der Waals surface area (Å²) in [6.45, 7) is 5.21. The van der Waals surface area contributed by atoms with Crippen molar-refractivity contribution in [2.24, 2.45) is 0 Å². The molecule has 1 saturated heterocycles. The Hall–Kier alpha value is -2.98. The Kier molecular flexibility index (Phi) is 7.94. The number of halogens is 2. The van der Waals surface area contributed by atoms with Crippen LogP contribution in [0.15, 0.2) is 31.0 Å². The number of likely N-dealkylation sites (tertiary alicyclic amines) is 1. The van der Waals surface area contributed by atoms with Gasteiger partial charge in [-0.2, -0.15) is 0 Å². The molecule has 0 radical (unpaired) electrons. The van der Waals surface area contributed by atoms with Crippen molar-refractivity contribution >= 4 is 52.3 Å². The Bertz CT molecular complexity index is 1170. The number of nitrogens with zero attached hydrogens (tertiary/aromatic N) is 3. The van der Waals surface area contributed by atoms with Crippen molar-refractivity contribution in [3.05, 3.63) is 52.2 Å². The molecule has 11 heteroatoms. The van der Waals surface area contributed by atoms with E-state index in [4.69, 9.17) is 37.4 Å². The molecular formula is C25H28Cl2N4O5. The van der Waals surface area contributed by atoms with Crippen molar-refractivity contribution in [3.63, 3.8) is 0 Å². The van der Waals surface area contributed by atoms with Gasteiger partial charge in [0.25, 0.3) is 0 Å². The standard InChI is InChI=1S/C25H28Cl2N4O5/c1-5-21(32)30-12-15(13-30)36-7-6-31-17-9-20(28-2)29-11-14(17)8-16(25(31)33)22-23(26)18(34-3)10-19(35-4)24(22)27/h5,8-11,15,25,33H,1,6-7,12-13H2,2-4H3,(H,28,29). The van der Waals surface area contributed by atoms with E-state index < -0.39 is 6.23 Å². The van der Waals surface area contributed by atoms with Gasteiger partial charge in [-0.25, -0.2) is 4.98 Å². The quantitative estimate of drug-likeness (QED) is 0.471. The normalized spacial score (nSPS) is 17.2. The summed E-state index contributed by atoms with van der Waals surface area (Å²) in [5.41, 5.74) is 2.43. The number of fused-ring (bicyclic) bond motifs is 1. The second kappa shape index (κ2) is 11.0. The maximum Gasteiger partial charge on any atom is 0.246 e. The van der Waals surface area contributed by atoms with Crippen LogP contribution < -0.4 is 19.7 Å². The number of pyridine rings is 1. The summed E-state index contributed by atoms with van der Waals surface area (Å²) >= 11 is 13.3. The number of ether oxygens (including phenoxy) is 3. The molecule has 1 aromatic heterocycles. The summed E-state index contributed by atoms with van der Waals surface area (Å²) in [6.07, 6.45) is 3.65. The Morgan fingerprint density at radius 1 is 1.25 bits per heavy atom. The number of benzene rings is 1. The minimum atomic E-state index is -1.10. The van der Waals surface area contributed by atoms with Gasteiger partial charge in [-0.05, 0) is 12.2 Å². The highest BCUT2D eigenvalue weighted by atomic mass is 35.5. The predicted octanol–water partition coefficient (Wildman–Crippen LogP) is 3.54. The third-order valence-corrected chi connectivity index (χ3v) is 6.99. The van der Waals surface area contributed by atoms with Gasteiger partial charge in [0.2, 0.25) is 5.91 Å². The van der Waals surface area contributed by atoms with Crippen LogP contribution in [-0.4, -0.2) is 80.7 Å². The molecule has 2 aliphatic rings. The molecule has 9 nitrogen and oxygen atoms in total. The van der Waals surface area contributed by atoms with Crippen molar-refractivity contribution in [3.8, 4) is 11.5 Å². The Morgan fingerprint density at radius 2 is 1.92 bits per heavy atom. The lowest BCUT2D eigenvalue weighted by atomic mass is 9.95. The van der Waals surface area contributed by atoms with E-state index in [1.54, 1.807) is 35.2 Å². The lowest BCUT2D eigenvalue weighted by molar-refractivity contribution is -0.139. The summed E-state index contributed by atoms with van der Waals surface area (Å²) in [7, 11) is 4.77. The molecule has 4 rings (SSSR count). The van der Waals surface area contributed by atoms with Crippen LogP contribution in [0.2, 0.25) is 10.0 Å². The number of nitrogens with one attached hydrogen (secondary N) is 1. The predicted molar refractivity (Wildman–Crippen MR) is 141 cm³/mol. The van der Waals surface area contributed by atoms with Crippen LogP contribution in [0, 0.1) is 0 Å². The third-order valence-electron chi connectivity index (χ3n) is 6.24. The maximum absolute atomic E-state index is 11.7. The number of aromatic nitrogens is 1. The van der Waals surface area contributed by atoms with Crippen molar-refractivity contribution in [1.29, 1.82) is 0 Å².